The van der Waals surface area contributed by atoms with Gasteiger partial charge in [0, 0.05) is 22.1 Å². The van der Waals surface area contributed by atoms with Crippen LogP contribution < -0.4 is 0 Å². The molecule has 0 bridgehead atoms. The molecule has 0 atom stereocenters. The van der Waals surface area contributed by atoms with Crippen LogP contribution in [0, 0.1) is 0 Å². The van der Waals surface area contributed by atoms with Gasteiger partial charge >= 0.3 is 0 Å². The predicted molar refractivity (Wildman–Crippen MR) is 185 cm³/mol. The molecule has 0 N–H and O–H groups in total. The predicted octanol–water partition coefficient (Wildman–Crippen LogP) is 10.4. The molecule has 0 spiro atoms. The maximum absolute atomic E-state index is 6.46. The number of para-hydroxylation sites is 3. The molecular weight excluding hydrogens is 564 g/mol. The Hall–Kier alpha value is -6.33. The number of hydrogen-bond acceptors (Lipinski definition) is 4. The van der Waals surface area contributed by atoms with Gasteiger partial charge in [-0.05, 0) is 41.0 Å². The van der Waals surface area contributed by atoms with Crippen LogP contribution >= 0.6 is 0 Å². The Morgan fingerprint density at radius 1 is 0.391 bits per heavy atom. The van der Waals surface area contributed by atoms with Crippen molar-refractivity contribution in [2.24, 2.45) is 0 Å². The normalized spacial score (nSPS) is 11.5. The molecule has 0 aliphatic rings. The third-order valence-electron chi connectivity index (χ3n) is 8.47. The first-order chi connectivity index (χ1) is 22.8. The molecule has 6 aromatic carbocycles. The fraction of sp³-hybridized carbons (Fsp3) is 0. The third kappa shape index (κ3) is 4.37. The fourth-order valence-electron chi connectivity index (χ4n) is 6.27. The average Bonchev–Trinajstić information content (AvgIpc) is 3.67. The second-order valence-electron chi connectivity index (χ2n) is 11.3. The summed E-state index contributed by atoms with van der Waals surface area (Å²) in [7, 11) is 0. The van der Waals surface area contributed by atoms with Gasteiger partial charge in [0.2, 0.25) is 5.71 Å². The molecule has 9 rings (SSSR count). The van der Waals surface area contributed by atoms with Gasteiger partial charge in [0.15, 0.2) is 23.1 Å². The molecule has 9 aromatic rings. The molecule has 0 unspecified atom stereocenters. The van der Waals surface area contributed by atoms with Crippen molar-refractivity contribution in [2.75, 3.05) is 0 Å². The molecule has 0 aliphatic carbocycles. The molecular formula is C41H26N4O. The second kappa shape index (κ2) is 10.7. The van der Waals surface area contributed by atoms with Crippen LogP contribution in [0.25, 0.3) is 84.1 Å². The van der Waals surface area contributed by atoms with E-state index in [-0.39, 0.29) is 0 Å². The van der Waals surface area contributed by atoms with E-state index in [2.05, 4.69) is 89.3 Å². The van der Waals surface area contributed by atoms with E-state index >= 15 is 0 Å². The molecule has 216 valence electrons. The third-order valence-corrected chi connectivity index (χ3v) is 8.47. The van der Waals surface area contributed by atoms with Crippen LogP contribution in [0.3, 0.4) is 0 Å². The molecule has 0 saturated heterocycles. The topological polar surface area (TPSA) is 56.2 Å². The Labute approximate surface area is 265 Å². The highest BCUT2D eigenvalue weighted by molar-refractivity contribution is 6.07. The first kappa shape index (κ1) is 26.1. The van der Waals surface area contributed by atoms with E-state index in [9.17, 15) is 0 Å². The lowest BCUT2D eigenvalue weighted by Gasteiger charge is -2.09. The number of benzene rings is 6. The highest BCUT2D eigenvalue weighted by Gasteiger charge is 2.20. The van der Waals surface area contributed by atoms with Gasteiger partial charge in [0.05, 0.1) is 16.6 Å². The smallest absolute Gasteiger partial charge is 0.213 e. The summed E-state index contributed by atoms with van der Waals surface area (Å²) in [4.78, 5) is 14.6. The molecule has 3 aromatic heterocycles. The molecule has 46 heavy (non-hydrogen) atoms. The summed E-state index contributed by atoms with van der Waals surface area (Å²) >= 11 is 0. The van der Waals surface area contributed by atoms with Crippen molar-refractivity contribution in [1.82, 2.24) is 19.4 Å². The largest absolute Gasteiger partial charge is 0.438 e. The van der Waals surface area contributed by atoms with Gasteiger partial charge in [-0.15, -0.1) is 0 Å². The van der Waals surface area contributed by atoms with Crippen molar-refractivity contribution in [3.05, 3.63) is 158 Å². The number of rotatable bonds is 5. The monoisotopic (exact) mass is 590 g/mol. The summed E-state index contributed by atoms with van der Waals surface area (Å²) in [5, 5.41) is 1.16. The first-order valence-electron chi connectivity index (χ1n) is 15.3. The Morgan fingerprint density at radius 2 is 0.891 bits per heavy atom. The average molecular weight is 591 g/mol. The van der Waals surface area contributed by atoms with Gasteiger partial charge in [-0.2, -0.15) is 0 Å². The second-order valence-corrected chi connectivity index (χ2v) is 11.3. The Morgan fingerprint density at radius 3 is 1.57 bits per heavy atom. The van der Waals surface area contributed by atoms with Crippen LogP contribution in [-0.2, 0) is 0 Å². The van der Waals surface area contributed by atoms with E-state index in [0.717, 1.165) is 66.7 Å². The summed E-state index contributed by atoms with van der Waals surface area (Å²) in [6, 6.07) is 53.9. The zero-order valence-electron chi connectivity index (χ0n) is 24.7. The molecule has 0 amide bonds. The summed E-state index contributed by atoms with van der Waals surface area (Å²) in [6.45, 7) is 0. The number of oxazole rings is 1. The molecule has 0 radical (unpaired) electrons. The van der Waals surface area contributed by atoms with Crippen LogP contribution in [0.15, 0.2) is 162 Å². The molecule has 0 saturated carbocycles. The van der Waals surface area contributed by atoms with Crippen molar-refractivity contribution in [3.63, 3.8) is 0 Å². The molecule has 5 nitrogen and oxygen atoms in total. The van der Waals surface area contributed by atoms with Crippen molar-refractivity contribution in [3.8, 4) is 56.4 Å². The molecule has 5 heteroatoms. The Balaban J connectivity index is 1.13. The number of fused-ring (bicyclic) bond motifs is 5. The van der Waals surface area contributed by atoms with E-state index in [1.165, 1.54) is 0 Å². The van der Waals surface area contributed by atoms with Gasteiger partial charge in [0.25, 0.3) is 0 Å². The summed E-state index contributed by atoms with van der Waals surface area (Å²) < 4.78 is 8.69. The summed E-state index contributed by atoms with van der Waals surface area (Å²) in [6.07, 6.45) is 0. The minimum absolute atomic E-state index is 0.639. The minimum Gasteiger partial charge on any atom is -0.438 e. The van der Waals surface area contributed by atoms with E-state index in [4.69, 9.17) is 19.4 Å². The van der Waals surface area contributed by atoms with Crippen molar-refractivity contribution in [1.29, 1.82) is 0 Å². The Bertz CT molecular complexity index is 2460. The highest BCUT2D eigenvalue weighted by atomic mass is 16.3. The number of nitrogens with zero attached hydrogens (tertiary/aromatic N) is 4. The molecule has 0 aliphatic heterocycles. The van der Waals surface area contributed by atoms with Crippen LogP contribution in [0.2, 0.25) is 0 Å². The lowest BCUT2D eigenvalue weighted by atomic mass is 9.98. The first-order valence-corrected chi connectivity index (χ1v) is 15.3. The summed E-state index contributed by atoms with van der Waals surface area (Å²) in [5.41, 5.74) is 11.2. The van der Waals surface area contributed by atoms with Crippen LogP contribution in [0.5, 0.6) is 0 Å². The van der Waals surface area contributed by atoms with E-state index in [1.807, 2.05) is 72.8 Å². The van der Waals surface area contributed by atoms with Gasteiger partial charge in [-0.1, -0.05) is 133 Å². The lowest BCUT2D eigenvalue weighted by Crippen LogP contribution is -2.00. The minimum atomic E-state index is 0.639. The van der Waals surface area contributed by atoms with Crippen molar-refractivity contribution in [2.45, 2.75) is 0 Å². The highest BCUT2D eigenvalue weighted by Crippen LogP contribution is 2.40. The maximum atomic E-state index is 6.46. The number of hydrogen-bond donors (Lipinski definition) is 0. The zero-order valence-corrected chi connectivity index (χ0v) is 24.7. The lowest BCUT2D eigenvalue weighted by molar-refractivity contribution is 0.658. The van der Waals surface area contributed by atoms with Gasteiger partial charge in [-0.25, -0.2) is 15.0 Å². The van der Waals surface area contributed by atoms with E-state index < -0.39 is 0 Å². The standard InChI is InChI=1S/C41H26N4O/c1-3-12-28(13-4-1)38-42-39(29-14-5-2-6-15-29)44-40(43-38)30-24-22-27(23-25-30)31-16-11-17-32(26-31)37-33-18-7-8-19-34(33)45-35-20-9-10-21-36(35)46-41(37)45/h1-26H. The quantitative estimate of drug-likeness (QED) is 0.200. The van der Waals surface area contributed by atoms with E-state index in [0.29, 0.717) is 17.5 Å². The van der Waals surface area contributed by atoms with Crippen molar-refractivity contribution >= 4 is 27.7 Å². The fourth-order valence-corrected chi connectivity index (χ4v) is 6.27. The van der Waals surface area contributed by atoms with Gasteiger partial charge in [0.1, 0.15) is 0 Å². The summed E-state index contributed by atoms with van der Waals surface area (Å²) in [5.74, 6) is 1.94. The molecule has 0 fully saturated rings. The SMILES string of the molecule is c1ccc(-c2nc(-c3ccccc3)nc(-c3ccc(-c4cccc(-c5c6ccccc6n6c5oc5ccccc56)c4)cc3)n2)cc1. The maximum Gasteiger partial charge on any atom is 0.213 e. The van der Waals surface area contributed by atoms with Crippen LogP contribution in [0.4, 0.5) is 0 Å². The van der Waals surface area contributed by atoms with Gasteiger partial charge < -0.3 is 4.42 Å². The van der Waals surface area contributed by atoms with Crippen molar-refractivity contribution < 1.29 is 4.42 Å². The van der Waals surface area contributed by atoms with E-state index in [1.54, 1.807) is 0 Å². The zero-order chi connectivity index (χ0) is 30.5. The molecule has 3 heterocycles. The Kier molecular flexibility index (Phi) is 6.06. The van der Waals surface area contributed by atoms with Crippen LogP contribution in [0.1, 0.15) is 0 Å². The van der Waals surface area contributed by atoms with Crippen LogP contribution in [-0.4, -0.2) is 19.4 Å². The van der Waals surface area contributed by atoms with Gasteiger partial charge in [-0.3, -0.25) is 4.40 Å². The number of aromatic nitrogens is 4.